The lowest BCUT2D eigenvalue weighted by Gasteiger charge is -2.34. The molecule has 1 saturated heterocycles. The van der Waals surface area contributed by atoms with Gasteiger partial charge in [-0.25, -0.2) is 0 Å². The van der Waals surface area contributed by atoms with Crippen LogP contribution in [0, 0.1) is 0 Å². The minimum atomic E-state index is 1.01. The van der Waals surface area contributed by atoms with Gasteiger partial charge >= 0.3 is 0 Å². The highest BCUT2D eigenvalue weighted by Gasteiger charge is 2.16. The molecule has 3 rings (SSSR count). The Morgan fingerprint density at radius 3 is 2.43 bits per heavy atom. The first-order valence-corrected chi connectivity index (χ1v) is 8.35. The fourth-order valence-corrected chi connectivity index (χ4v) is 3.09. The van der Waals surface area contributed by atoms with Crippen molar-refractivity contribution in [3.05, 3.63) is 71.6 Å². The van der Waals surface area contributed by atoms with Crippen molar-refractivity contribution in [2.45, 2.75) is 13.5 Å². The van der Waals surface area contributed by atoms with Gasteiger partial charge in [0.05, 0.1) is 0 Å². The molecular weight excluding hydrogens is 282 g/mol. The number of aromatic nitrogens is 1. The maximum Gasteiger partial charge on any atom is 0.0312 e. The van der Waals surface area contributed by atoms with E-state index >= 15 is 0 Å². The van der Waals surface area contributed by atoms with E-state index in [1.807, 2.05) is 18.5 Å². The molecule has 0 spiro atoms. The van der Waals surface area contributed by atoms with E-state index in [9.17, 15) is 0 Å². The zero-order valence-electron chi connectivity index (χ0n) is 13.9. The Kier molecular flexibility index (Phi) is 5.56. The molecule has 0 saturated carbocycles. The quantitative estimate of drug-likeness (QED) is 0.845. The number of nitrogens with zero attached hydrogens (tertiary/aromatic N) is 3. The van der Waals surface area contributed by atoms with Crippen LogP contribution in [-0.4, -0.2) is 47.5 Å². The summed E-state index contributed by atoms with van der Waals surface area (Å²) in [6, 6.07) is 14.8. The lowest BCUT2D eigenvalue weighted by atomic mass is 10.1. The highest BCUT2D eigenvalue weighted by atomic mass is 15.3. The van der Waals surface area contributed by atoms with Gasteiger partial charge in [0.2, 0.25) is 0 Å². The third kappa shape index (κ3) is 5.02. The van der Waals surface area contributed by atoms with Gasteiger partial charge in [0.25, 0.3) is 0 Å². The standard InChI is InChI=1S/C20H25N3/c1-18(14-19-6-3-2-4-7-19)16-22-10-12-23(13-11-22)17-20-8-5-9-21-15-20/h2-9,14-15H,10-13,16-17H2,1H3/b18-14+. The summed E-state index contributed by atoms with van der Waals surface area (Å²) in [5.41, 5.74) is 4.03. The number of piperazine rings is 1. The van der Waals surface area contributed by atoms with Crippen LogP contribution in [0.2, 0.25) is 0 Å². The second-order valence-electron chi connectivity index (χ2n) is 6.31. The first-order chi connectivity index (χ1) is 11.3. The molecule has 0 amide bonds. The summed E-state index contributed by atoms with van der Waals surface area (Å²) in [5, 5.41) is 0. The van der Waals surface area contributed by atoms with E-state index in [4.69, 9.17) is 0 Å². The fraction of sp³-hybridized carbons (Fsp3) is 0.350. The Balaban J connectivity index is 1.46. The van der Waals surface area contributed by atoms with Crippen LogP contribution in [0.25, 0.3) is 6.08 Å². The van der Waals surface area contributed by atoms with Gasteiger partial charge in [-0.3, -0.25) is 14.8 Å². The number of pyridine rings is 1. The minimum Gasteiger partial charge on any atom is -0.297 e. The molecule has 3 heteroatoms. The van der Waals surface area contributed by atoms with Crippen LogP contribution in [0.15, 0.2) is 60.4 Å². The van der Waals surface area contributed by atoms with E-state index in [1.54, 1.807) is 0 Å². The summed E-state index contributed by atoms with van der Waals surface area (Å²) in [7, 11) is 0. The second-order valence-corrected chi connectivity index (χ2v) is 6.31. The molecule has 0 N–H and O–H groups in total. The van der Waals surface area contributed by atoms with Crippen LogP contribution in [0.4, 0.5) is 0 Å². The summed E-state index contributed by atoms with van der Waals surface area (Å²) in [6.07, 6.45) is 6.10. The summed E-state index contributed by atoms with van der Waals surface area (Å²) < 4.78 is 0. The lowest BCUT2D eigenvalue weighted by Crippen LogP contribution is -2.46. The molecule has 1 aliphatic heterocycles. The molecule has 0 radical (unpaired) electrons. The van der Waals surface area contributed by atoms with Crippen LogP contribution in [0.5, 0.6) is 0 Å². The van der Waals surface area contributed by atoms with Crippen molar-refractivity contribution in [2.75, 3.05) is 32.7 Å². The maximum atomic E-state index is 4.20. The molecule has 0 bridgehead atoms. The molecule has 120 valence electrons. The van der Waals surface area contributed by atoms with Gasteiger partial charge in [-0.05, 0) is 24.1 Å². The van der Waals surface area contributed by atoms with E-state index in [0.717, 1.165) is 39.3 Å². The van der Waals surface area contributed by atoms with Gasteiger partial charge in [-0.2, -0.15) is 0 Å². The summed E-state index contributed by atoms with van der Waals surface area (Å²) >= 11 is 0. The third-order valence-electron chi connectivity index (χ3n) is 4.28. The third-order valence-corrected chi connectivity index (χ3v) is 4.28. The van der Waals surface area contributed by atoms with Crippen molar-refractivity contribution in [3.63, 3.8) is 0 Å². The van der Waals surface area contributed by atoms with Crippen molar-refractivity contribution in [1.29, 1.82) is 0 Å². The van der Waals surface area contributed by atoms with E-state index in [2.05, 4.69) is 64.2 Å². The first-order valence-electron chi connectivity index (χ1n) is 8.35. The molecule has 1 fully saturated rings. The molecule has 1 aromatic carbocycles. The largest absolute Gasteiger partial charge is 0.297 e. The van der Waals surface area contributed by atoms with Crippen molar-refractivity contribution >= 4 is 6.08 Å². The number of hydrogen-bond acceptors (Lipinski definition) is 3. The van der Waals surface area contributed by atoms with Crippen molar-refractivity contribution in [1.82, 2.24) is 14.8 Å². The molecule has 2 heterocycles. The van der Waals surface area contributed by atoms with E-state index < -0.39 is 0 Å². The zero-order valence-corrected chi connectivity index (χ0v) is 13.9. The Labute approximate surface area is 139 Å². The Morgan fingerprint density at radius 2 is 1.74 bits per heavy atom. The normalized spacial score (nSPS) is 17.3. The van der Waals surface area contributed by atoms with E-state index in [0.29, 0.717) is 0 Å². The first kappa shape index (κ1) is 15.9. The second kappa shape index (κ2) is 8.04. The lowest BCUT2D eigenvalue weighted by molar-refractivity contribution is 0.135. The van der Waals surface area contributed by atoms with Crippen LogP contribution >= 0.6 is 0 Å². The molecule has 3 nitrogen and oxygen atoms in total. The van der Waals surface area contributed by atoms with Gasteiger partial charge in [0, 0.05) is 51.7 Å². The van der Waals surface area contributed by atoms with Crippen LogP contribution in [-0.2, 0) is 6.54 Å². The van der Waals surface area contributed by atoms with Gasteiger partial charge in [0.1, 0.15) is 0 Å². The summed E-state index contributed by atoms with van der Waals surface area (Å²) in [6.45, 7) is 8.85. The predicted molar refractivity (Wildman–Crippen MR) is 96.0 cm³/mol. The summed E-state index contributed by atoms with van der Waals surface area (Å²) in [4.78, 5) is 9.27. The number of hydrogen-bond donors (Lipinski definition) is 0. The van der Waals surface area contributed by atoms with E-state index in [1.165, 1.54) is 16.7 Å². The topological polar surface area (TPSA) is 19.4 Å². The average molecular weight is 307 g/mol. The summed E-state index contributed by atoms with van der Waals surface area (Å²) in [5.74, 6) is 0. The van der Waals surface area contributed by atoms with Crippen LogP contribution < -0.4 is 0 Å². The molecule has 2 aromatic rings. The molecule has 0 atom stereocenters. The van der Waals surface area contributed by atoms with Gasteiger partial charge in [-0.1, -0.05) is 48.0 Å². The van der Waals surface area contributed by atoms with Gasteiger partial charge in [-0.15, -0.1) is 0 Å². The molecular formula is C20H25N3. The SMILES string of the molecule is C/C(=C\c1ccccc1)CN1CCN(Cc2cccnc2)CC1. The van der Waals surface area contributed by atoms with Crippen LogP contribution in [0.1, 0.15) is 18.1 Å². The highest BCUT2D eigenvalue weighted by Crippen LogP contribution is 2.11. The number of benzene rings is 1. The number of rotatable bonds is 5. The molecule has 23 heavy (non-hydrogen) atoms. The molecule has 1 aliphatic rings. The molecule has 0 unspecified atom stereocenters. The highest BCUT2D eigenvalue weighted by molar-refractivity contribution is 5.52. The van der Waals surface area contributed by atoms with Gasteiger partial charge in [0.15, 0.2) is 0 Å². The Bertz CT molecular complexity index is 614. The van der Waals surface area contributed by atoms with Gasteiger partial charge < -0.3 is 0 Å². The smallest absolute Gasteiger partial charge is 0.0312 e. The van der Waals surface area contributed by atoms with Crippen molar-refractivity contribution in [2.24, 2.45) is 0 Å². The Hall–Kier alpha value is -1.97. The average Bonchev–Trinajstić information content (AvgIpc) is 2.58. The predicted octanol–water partition coefficient (Wildman–Crippen LogP) is 3.30. The fourth-order valence-electron chi connectivity index (χ4n) is 3.09. The molecule has 0 aliphatic carbocycles. The van der Waals surface area contributed by atoms with Crippen molar-refractivity contribution < 1.29 is 0 Å². The zero-order chi connectivity index (χ0) is 15.9. The van der Waals surface area contributed by atoms with Crippen LogP contribution in [0.3, 0.4) is 0 Å². The monoisotopic (exact) mass is 307 g/mol. The minimum absolute atomic E-state index is 1.01. The molecule has 1 aromatic heterocycles. The van der Waals surface area contributed by atoms with Crippen molar-refractivity contribution in [3.8, 4) is 0 Å². The Morgan fingerprint density at radius 1 is 1.00 bits per heavy atom. The maximum absolute atomic E-state index is 4.20. The van der Waals surface area contributed by atoms with E-state index in [-0.39, 0.29) is 0 Å².